The molecule has 1 aromatic heterocycles. The Kier molecular flexibility index (Phi) is 4.97. The fourth-order valence-electron chi connectivity index (χ4n) is 2.84. The van der Waals surface area contributed by atoms with Crippen molar-refractivity contribution in [3.8, 4) is 5.69 Å². The number of nitrogens with zero attached hydrogens (tertiary/aromatic N) is 2. The molecule has 2 atom stereocenters. The lowest BCUT2D eigenvalue weighted by Gasteiger charge is -2.15. The van der Waals surface area contributed by atoms with Gasteiger partial charge in [-0.15, -0.1) is 0 Å². The molecular formula is C16H16F4N4O2. The summed E-state index contributed by atoms with van der Waals surface area (Å²) in [6, 6.07) is 4.85. The summed E-state index contributed by atoms with van der Waals surface area (Å²) in [7, 11) is 0. The molecule has 3 rings (SSSR count). The lowest BCUT2D eigenvalue weighted by molar-refractivity contribution is -0.143. The van der Waals surface area contributed by atoms with Crippen LogP contribution >= 0.6 is 0 Å². The summed E-state index contributed by atoms with van der Waals surface area (Å²) >= 11 is 0. The molecule has 1 aliphatic rings. The van der Waals surface area contributed by atoms with Crippen molar-refractivity contribution in [2.24, 2.45) is 5.92 Å². The number of aliphatic hydroxyl groups excluding tert-OH is 1. The average Bonchev–Trinajstić information content (AvgIpc) is 3.19. The van der Waals surface area contributed by atoms with E-state index in [1.165, 1.54) is 12.1 Å². The van der Waals surface area contributed by atoms with Gasteiger partial charge < -0.3 is 15.7 Å². The van der Waals surface area contributed by atoms with Crippen LogP contribution in [0.15, 0.2) is 30.5 Å². The van der Waals surface area contributed by atoms with E-state index in [0.717, 1.165) is 18.3 Å². The lowest BCUT2D eigenvalue weighted by atomic mass is 10.1. The first-order chi connectivity index (χ1) is 12.3. The highest BCUT2D eigenvalue weighted by Crippen LogP contribution is 2.34. The first-order valence-electron chi connectivity index (χ1n) is 7.86. The molecule has 1 aromatic carbocycles. The van der Waals surface area contributed by atoms with Gasteiger partial charge in [-0.1, -0.05) is 12.1 Å². The summed E-state index contributed by atoms with van der Waals surface area (Å²) < 4.78 is 54.8. The molecular weight excluding hydrogens is 356 g/mol. The molecule has 0 bridgehead atoms. The van der Waals surface area contributed by atoms with Gasteiger partial charge in [0.05, 0.1) is 17.9 Å². The van der Waals surface area contributed by atoms with Gasteiger partial charge in [0.25, 0.3) is 5.91 Å². The highest BCUT2D eigenvalue weighted by atomic mass is 19.4. The van der Waals surface area contributed by atoms with Crippen LogP contribution in [0.4, 0.5) is 17.6 Å². The molecule has 2 unspecified atom stereocenters. The number of carbonyl (C=O) groups excluding carboxylic acids is 1. The Morgan fingerprint density at radius 2 is 2.08 bits per heavy atom. The van der Waals surface area contributed by atoms with Gasteiger partial charge in [0.2, 0.25) is 0 Å². The van der Waals surface area contributed by atoms with Crippen molar-refractivity contribution in [1.29, 1.82) is 0 Å². The van der Waals surface area contributed by atoms with E-state index in [9.17, 15) is 27.5 Å². The molecule has 1 aliphatic heterocycles. The highest BCUT2D eigenvalue weighted by Gasteiger charge is 2.41. The van der Waals surface area contributed by atoms with Gasteiger partial charge in [-0.05, 0) is 12.1 Å². The third-order valence-corrected chi connectivity index (χ3v) is 4.19. The van der Waals surface area contributed by atoms with E-state index < -0.39 is 40.9 Å². The van der Waals surface area contributed by atoms with Crippen LogP contribution in [-0.4, -0.2) is 46.5 Å². The number of rotatable bonds is 4. The van der Waals surface area contributed by atoms with Crippen LogP contribution in [0.1, 0.15) is 16.1 Å². The normalized spacial score (nSPS) is 20.3. The summed E-state index contributed by atoms with van der Waals surface area (Å²) in [5.41, 5.74) is -2.47. The largest absolute Gasteiger partial charge is 0.434 e. The summed E-state index contributed by atoms with van der Waals surface area (Å²) in [6.07, 6.45) is -4.84. The van der Waals surface area contributed by atoms with Crippen molar-refractivity contribution >= 4 is 5.91 Å². The van der Waals surface area contributed by atoms with Crippen LogP contribution in [0.5, 0.6) is 0 Å². The summed E-state index contributed by atoms with van der Waals surface area (Å²) in [4.78, 5) is 12.2. The van der Waals surface area contributed by atoms with E-state index in [1.54, 1.807) is 0 Å². The zero-order chi connectivity index (χ0) is 18.9. The maximum absolute atomic E-state index is 13.9. The number of hydrogen-bond acceptors (Lipinski definition) is 4. The van der Waals surface area contributed by atoms with E-state index in [-0.39, 0.29) is 12.5 Å². The van der Waals surface area contributed by atoms with Crippen LogP contribution in [0.2, 0.25) is 0 Å². The van der Waals surface area contributed by atoms with Crippen LogP contribution < -0.4 is 10.6 Å². The fraction of sp³-hybridized carbons (Fsp3) is 0.375. The second-order valence-corrected chi connectivity index (χ2v) is 5.96. The number of carbonyl (C=O) groups is 1. The number of benzene rings is 1. The van der Waals surface area contributed by atoms with Gasteiger partial charge in [-0.2, -0.15) is 18.3 Å². The Bertz CT molecular complexity index is 806. The standard InChI is InChI=1S/C16H16F4N4O2/c17-11-3-1-2-4-12(11)24-14(16(18,19)20)10(7-23-24)15(26)22-6-9-5-21-8-13(9)25/h1-4,7,9,13,21,25H,5-6,8H2,(H,22,26). The minimum absolute atomic E-state index is 0.00910. The van der Waals surface area contributed by atoms with Crippen LogP contribution in [0.3, 0.4) is 0 Å². The van der Waals surface area contributed by atoms with E-state index in [1.807, 2.05) is 0 Å². The molecule has 1 fully saturated rings. The minimum atomic E-state index is -4.92. The molecule has 0 spiro atoms. The van der Waals surface area contributed by atoms with Crippen LogP contribution in [0.25, 0.3) is 5.69 Å². The number of halogens is 4. The Hall–Kier alpha value is -2.46. The third kappa shape index (κ3) is 3.56. The second-order valence-electron chi connectivity index (χ2n) is 5.96. The molecule has 140 valence electrons. The van der Waals surface area contributed by atoms with Gasteiger partial charge in [-0.25, -0.2) is 9.07 Å². The smallest absolute Gasteiger partial charge is 0.391 e. The molecule has 1 saturated heterocycles. The highest BCUT2D eigenvalue weighted by molar-refractivity contribution is 5.95. The van der Waals surface area contributed by atoms with Crippen molar-refractivity contribution in [2.45, 2.75) is 12.3 Å². The Morgan fingerprint density at radius 1 is 1.35 bits per heavy atom. The number of β-amino-alcohol motifs (C(OH)–C–C–N with tert-alkyl or cyclic N) is 1. The van der Waals surface area contributed by atoms with Crippen LogP contribution in [-0.2, 0) is 6.18 Å². The topological polar surface area (TPSA) is 79.2 Å². The fourth-order valence-corrected chi connectivity index (χ4v) is 2.84. The second kappa shape index (κ2) is 7.04. The number of nitrogens with one attached hydrogen (secondary N) is 2. The number of hydrogen-bond donors (Lipinski definition) is 3. The zero-order valence-electron chi connectivity index (χ0n) is 13.4. The van der Waals surface area contributed by atoms with Gasteiger partial charge >= 0.3 is 6.18 Å². The van der Waals surface area contributed by atoms with Crippen LogP contribution in [0, 0.1) is 11.7 Å². The quantitative estimate of drug-likeness (QED) is 0.708. The maximum atomic E-state index is 13.9. The van der Waals surface area contributed by atoms with Crippen molar-refractivity contribution in [3.63, 3.8) is 0 Å². The van der Waals surface area contributed by atoms with E-state index in [4.69, 9.17) is 0 Å². The average molecular weight is 372 g/mol. The monoisotopic (exact) mass is 372 g/mol. The van der Waals surface area contributed by atoms with E-state index in [2.05, 4.69) is 15.7 Å². The Morgan fingerprint density at radius 3 is 2.69 bits per heavy atom. The molecule has 6 nitrogen and oxygen atoms in total. The Balaban J connectivity index is 1.90. The predicted octanol–water partition coefficient (Wildman–Crippen LogP) is 1.34. The van der Waals surface area contributed by atoms with Crippen molar-refractivity contribution in [3.05, 3.63) is 47.5 Å². The first-order valence-corrected chi connectivity index (χ1v) is 7.86. The van der Waals surface area contributed by atoms with Crippen molar-refractivity contribution in [2.75, 3.05) is 19.6 Å². The molecule has 2 heterocycles. The number of amides is 1. The van der Waals surface area contributed by atoms with Crippen molar-refractivity contribution in [1.82, 2.24) is 20.4 Å². The van der Waals surface area contributed by atoms with E-state index >= 15 is 0 Å². The first kappa shape index (κ1) is 18.3. The number of aromatic nitrogens is 2. The van der Waals surface area contributed by atoms with Crippen molar-refractivity contribution < 1.29 is 27.5 Å². The summed E-state index contributed by atoms with van der Waals surface area (Å²) in [5, 5.41) is 18.5. The van der Waals surface area contributed by atoms with Gasteiger partial charge in [-0.3, -0.25) is 4.79 Å². The Labute approximate surface area is 145 Å². The molecule has 0 aliphatic carbocycles. The molecule has 3 N–H and O–H groups in total. The van der Waals surface area contributed by atoms with E-state index in [0.29, 0.717) is 17.8 Å². The maximum Gasteiger partial charge on any atom is 0.434 e. The number of alkyl halides is 3. The molecule has 2 aromatic rings. The SMILES string of the molecule is O=C(NCC1CNCC1O)c1cnn(-c2ccccc2F)c1C(F)(F)F. The zero-order valence-corrected chi connectivity index (χ0v) is 13.4. The lowest BCUT2D eigenvalue weighted by Crippen LogP contribution is -2.35. The van der Waals surface area contributed by atoms with Gasteiger partial charge in [0.15, 0.2) is 5.69 Å². The molecule has 10 heteroatoms. The summed E-state index contributed by atoms with van der Waals surface area (Å²) in [6.45, 7) is 0.816. The number of para-hydroxylation sites is 1. The minimum Gasteiger partial charge on any atom is -0.391 e. The van der Waals surface area contributed by atoms with Gasteiger partial charge in [0, 0.05) is 25.6 Å². The molecule has 1 amide bonds. The third-order valence-electron chi connectivity index (χ3n) is 4.19. The predicted molar refractivity (Wildman–Crippen MR) is 83.2 cm³/mol. The molecule has 0 saturated carbocycles. The summed E-state index contributed by atoms with van der Waals surface area (Å²) in [5.74, 6) is -2.18. The molecule has 0 radical (unpaired) electrons. The number of aliphatic hydroxyl groups is 1. The molecule has 26 heavy (non-hydrogen) atoms. The van der Waals surface area contributed by atoms with Gasteiger partial charge in [0.1, 0.15) is 11.5 Å².